The molecular weight excluding hydrogens is 260 g/mol. The van der Waals surface area contributed by atoms with E-state index in [2.05, 4.69) is 47.5 Å². The molecule has 2 aliphatic rings. The number of nitrogens with zero attached hydrogens (tertiary/aromatic N) is 1. The molecule has 114 valence electrons. The molecule has 1 amide bonds. The molecule has 1 aromatic carbocycles. The Morgan fingerprint density at radius 3 is 2.57 bits per heavy atom. The van der Waals surface area contributed by atoms with Crippen molar-refractivity contribution in [2.45, 2.75) is 50.5 Å². The Bertz CT molecular complexity index is 471. The fourth-order valence-electron chi connectivity index (χ4n) is 3.89. The Labute approximate surface area is 127 Å². The number of hydrogen-bond donors (Lipinski definition) is 1. The van der Waals surface area contributed by atoms with Crippen molar-refractivity contribution >= 4 is 5.91 Å². The molecule has 0 aliphatic carbocycles. The molecule has 2 fully saturated rings. The summed E-state index contributed by atoms with van der Waals surface area (Å²) in [5, 5.41) is 3.47. The summed E-state index contributed by atoms with van der Waals surface area (Å²) in [5.41, 5.74) is 1.16. The van der Waals surface area contributed by atoms with Crippen LogP contribution in [0.1, 0.15) is 50.5 Å². The summed E-state index contributed by atoms with van der Waals surface area (Å²) in [7, 11) is 0. The lowest BCUT2D eigenvalue weighted by molar-refractivity contribution is -0.139. The van der Waals surface area contributed by atoms with Gasteiger partial charge in [0.25, 0.3) is 0 Å². The highest BCUT2D eigenvalue weighted by Crippen LogP contribution is 2.31. The van der Waals surface area contributed by atoms with Crippen LogP contribution in [-0.4, -0.2) is 36.0 Å². The van der Waals surface area contributed by atoms with Gasteiger partial charge >= 0.3 is 0 Å². The predicted molar refractivity (Wildman–Crippen MR) is 85.3 cm³/mol. The number of benzene rings is 1. The van der Waals surface area contributed by atoms with Crippen LogP contribution in [0.4, 0.5) is 0 Å². The molecule has 1 unspecified atom stereocenters. The van der Waals surface area contributed by atoms with Crippen LogP contribution in [-0.2, 0) is 4.79 Å². The van der Waals surface area contributed by atoms with Gasteiger partial charge in [-0.25, -0.2) is 0 Å². The quantitative estimate of drug-likeness (QED) is 0.926. The van der Waals surface area contributed by atoms with E-state index in [0.29, 0.717) is 11.8 Å². The fourth-order valence-corrected chi connectivity index (χ4v) is 3.89. The molecule has 0 radical (unpaired) electrons. The lowest BCUT2D eigenvalue weighted by Gasteiger charge is -2.38. The molecule has 3 heteroatoms. The number of nitrogens with one attached hydrogen (secondary N) is 1. The maximum Gasteiger partial charge on any atom is 0.242 e. The van der Waals surface area contributed by atoms with Crippen LogP contribution < -0.4 is 5.32 Å². The SMILES string of the molecule is CCC1(C(=O)N2CCC(c3ccccc3)CC2)CCCN1. The van der Waals surface area contributed by atoms with Crippen molar-refractivity contribution in [2.24, 2.45) is 0 Å². The number of rotatable bonds is 3. The van der Waals surface area contributed by atoms with Crippen molar-refractivity contribution in [1.82, 2.24) is 10.2 Å². The van der Waals surface area contributed by atoms with Crippen LogP contribution in [0.15, 0.2) is 30.3 Å². The van der Waals surface area contributed by atoms with E-state index in [9.17, 15) is 4.79 Å². The number of piperidine rings is 1. The molecule has 2 aliphatic heterocycles. The number of carbonyl (C=O) groups is 1. The van der Waals surface area contributed by atoms with Crippen LogP contribution in [0, 0.1) is 0 Å². The third-order valence-corrected chi connectivity index (χ3v) is 5.31. The van der Waals surface area contributed by atoms with Gasteiger partial charge in [0.2, 0.25) is 5.91 Å². The summed E-state index contributed by atoms with van der Waals surface area (Å²) in [4.78, 5) is 15.0. The first-order chi connectivity index (χ1) is 10.2. The van der Waals surface area contributed by atoms with Crippen LogP contribution in [0.3, 0.4) is 0 Å². The molecule has 3 nitrogen and oxygen atoms in total. The normalized spacial score (nSPS) is 27.0. The zero-order valence-electron chi connectivity index (χ0n) is 13.0. The fraction of sp³-hybridized carbons (Fsp3) is 0.611. The molecule has 1 atom stereocenters. The third kappa shape index (κ3) is 2.84. The van der Waals surface area contributed by atoms with Crippen LogP contribution in [0.2, 0.25) is 0 Å². The first-order valence-corrected chi connectivity index (χ1v) is 8.34. The second-order valence-electron chi connectivity index (χ2n) is 6.44. The Kier molecular flexibility index (Phi) is 4.29. The molecule has 2 heterocycles. The van der Waals surface area contributed by atoms with Gasteiger partial charge in [-0.1, -0.05) is 37.3 Å². The summed E-state index contributed by atoms with van der Waals surface area (Å²) in [5.74, 6) is 0.957. The highest BCUT2D eigenvalue weighted by atomic mass is 16.2. The molecular formula is C18H26N2O. The van der Waals surface area contributed by atoms with Crippen LogP contribution >= 0.6 is 0 Å². The first kappa shape index (κ1) is 14.6. The molecule has 0 saturated carbocycles. The lowest BCUT2D eigenvalue weighted by Crippen LogP contribution is -2.56. The van der Waals surface area contributed by atoms with Gasteiger partial charge < -0.3 is 10.2 Å². The molecule has 3 rings (SSSR count). The number of hydrogen-bond acceptors (Lipinski definition) is 2. The maximum atomic E-state index is 12.9. The topological polar surface area (TPSA) is 32.3 Å². The van der Waals surface area contributed by atoms with E-state index in [1.165, 1.54) is 5.56 Å². The Morgan fingerprint density at radius 1 is 1.29 bits per heavy atom. The number of amides is 1. The van der Waals surface area contributed by atoms with Gasteiger partial charge in [0.1, 0.15) is 0 Å². The highest BCUT2D eigenvalue weighted by Gasteiger charge is 2.42. The van der Waals surface area contributed by atoms with Crippen LogP contribution in [0.5, 0.6) is 0 Å². The minimum Gasteiger partial charge on any atom is -0.341 e. The van der Waals surface area contributed by atoms with E-state index in [1.807, 2.05) is 0 Å². The van der Waals surface area contributed by atoms with Crippen LogP contribution in [0.25, 0.3) is 0 Å². The highest BCUT2D eigenvalue weighted by molar-refractivity contribution is 5.86. The average Bonchev–Trinajstić information content (AvgIpc) is 3.05. The maximum absolute atomic E-state index is 12.9. The molecule has 0 spiro atoms. The van der Waals surface area contributed by atoms with Gasteiger partial charge in [0.05, 0.1) is 5.54 Å². The van der Waals surface area contributed by atoms with Crippen molar-refractivity contribution in [3.8, 4) is 0 Å². The van der Waals surface area contributed by atoms with E-state index < -0.39 is 0 Å². The van der Waals surface area contributed by atoms with E-state index in [4.69, 9.17) is 0 Å². The van der Waals surface area contributed by atoms with Crippen molar-refractivity contribution in [3.05, 3.63) is 35.9 Å². The average molecular weight is 286 g/mol. The van der Waals surface area contributed by atoms with E-state index in [1.54, 1.807) is 0 Å². The summed E-state index contributed by atoms with van der Waals surface area (Å²) in [6, 6.07) is 10.7. The van der Waals surface area contributed by atoms with Gasteiger partial charge in [-0.15, -0.1) is 0 Å². The molecule has 1 aromatic rings. The summed E-state index contributed by atoms with van der Waals surface area (Å²) in [6.07, 6.45) is 5.22. The van der Waals surface area contributed by atoms with Crippen molar-refractivity contribution in [2.75, 3.05) is 19.6 Å². The third-order valence-electron chi connectivity index (χ3n) is 5.31. The molecule has 0 bridgehead atoms. The second-order valence-corrected chi connectivity index (χ2v) is 6.44. The van der Waals surface area contributed by atoms with Gasteiger partial charge in [0.15, 0.2) is 0 Å². The summed E-state index contributed by atoms with van der Waals surface area (Å²) < 4.78 is 0. The molecule has 2 saturated heterocycles. The van der Waals surface area contributed by atoms with E-state index in [0.717, 1.165) is 51.7 Å². The largest absolute Gasteiger partial charge is 0.341 e. The smallest absolute Gasteiger partial charge is 0.242 e. The van der Waals surface area contributed by atoms with Gasteiger partial charge in [0, 0.05) is 13.1 Å². The van der Waals surface area contributed by atoms with Gasteiger partial charge in [-0.2, -0.15) is 0 Å². The number of likely N-dealkylation sites (tertiary alicyclic amines) is 1. The van der Waals surface area contributed by atoms with Crippen molar-refractivity contribution in [1.29, 1.82) is 0 Å². The summed E-state index contributed by atoms with van der Waals surface area (Å²) >= 11 is 0. The molecule has 1 N–H and O–H groups in total. The summed E-state index contributed by atoms with van der Waals surface area (Å²) in [6.45, 7) is 4.93. The first-order valence-electron chi connectivity index (χ1n) is 8.34. The zero-order chi connectivity index (χ0) is 14.7. The minimum atomic E-state index is -0.264. The van der Waals surface area contributed by atoms with E-state index in [-0.39, 0.29) is 5.54 Å². The van der Waals surface area contributed by atoms with Crippen molar-refractivity contribution < 1.29 is 4.79 Å². The Balaban J connectivity index is 1.62. The monoisotopic (exact) mass is 286 g/mol. The Morgan fingerprint density at radius 2 is 2.00 bits per heavy atom. The standard InChI is InChI=1S/C18H26N2O/c1-2-18(11-6-12-19-18)17(21)20-13-9-16(10-14-20)15-7-4-3-5-8-15/h3-5,7-8,16,19H,2,6,9-14H2,1H3. The molecule has 21 heavy (non-hydrogen) atoms. The number of carbonyl (C=O) groups excluding carboxylic acids is 1. The van der Waals surface area contributed by atoms with Crippen molar-refractivity contribution in [3.63, 3.8) is 0 Å². The lowest BCUT2D eigenvalue weighted by atomic mass is 9.87. The zero-order valence-corrected chi connectivity index (χ0v) is 13.0. The molecule has 0 aromatic heterocycles. The predicted octanol–water partition coefficient (Wildman–Crippen LogP) is 2.92. The van der Waals surface area contributed by atoms with E-state index >= 15 is 0 Å². The minimum absolute atomic E-state index is 0.264. The Hall–Kier alpha value is -1.35. The second kappa shape index (κ2) is 6.18. The van der Waals surface area contributed by atoms with Gasteiger partial charge in [-0.3, -0.25) is 4.79 Å². The van der Waals surface area contributed by atoms with Gasteiger partial charge in [-0.05, 0) is 50.1 Å².